The van der Waals surface area contributed by atoms with Crippen molar-refractivity contribution in [2.24, 2.45) is 21.7 Å². The normalized spacial score (nSPS) is 10.4. The molecule has 0 saturated carbocycles. The van der Waals surface area contributed by atoms with Crippen LogP contribution < -0.4 is 16.2 Å². The first-order chi connectivity index (χ1) is 7.54. The van der Waals surface area contributed by atoms with Crippen molar-refractivity contribution in [2.45, 2.75) is 0 Å². The Labute approximate surface area is 121 Å². The van der Waals surface area contributed by atoms with Gasteiger partial charge in [-0.15, -0.1) is 5.10 Å². The highest BCUT2D eigenvalue weighted by atomic mass is 127. The van der Waals surface area contributed by atoms with Crippen molar-refractivity contribution in [2.75, 3.05) is 7.11 Å². The fourth-order valence-electron chi connectivity index (χ4n) is 1.01. The van der Waals surface area contributed by atoms with Crippen LogP contribution in [0.1, 0.15) is 5.56 Å². The SMILES string of the molecule is COc1c(I)cc(/C=N\N=C(N)N)cc1I. The zero-order chi connectivity index (χ0) is 12.1. The largest absolute Gasteiger partial charge is 0.495 e. The van der Waals surface area contributed by atoms with Crippen LogP contribution in [0, 0.1) is 7.14 Å². The van der Waals surface area contributed by atoms with Crippen LogP contribution in [0.3, 0.4) is 0 Å². The van der Waals surface area contributed by atoms with Gasteiger partial charge in [0.2, 0.25) is 5.96 Å². The van der Waals surface area contributed by atoms with Gasteiger partial charge in [0.05, 0.1) is 20.5 Å². The van der Waals surface area contributed by atoms with Crippen LogP contribution in [-0.2, 0) is 0 Å². The van der Waals surface area contributed by atoms with Crippen LogP contribution in [0.5, 0.6) is 5.75 Å². The Hall–Kier alpha value is -0.580. The van der Waals surface area contributed by atoms with E-state index in [2.05, 4.69) is 55.4 Å². The second-order valence-corrected chi connectivity index (χ2v) is 5.11. The third kappa shape index (κ3) is 3.77. The van der Waals surface area contributed by atoms with Crippen molar-refractivity contribution < 1.29 is 4.74 Å². The third-order valence-corrected chi connectivity index (χ3v) is 3.21. The first-order valence-electron chi connectivity index (χ1n) is 4.19. The van der Waals surface area contributed by atoms with E-state index in [0.717, 1.165) is 18.5 Å². The molecule has 0 atom stereocenters. The van der Waals surface area contributed by atoms with Gasteiger partial charge in [-0.2, -0.15) is 5.10 Å². The number of ether oxygens (including phenoxy) is 1. The number of methoxy groups -OCH3 is 1. The molecule has 0 aromatic heterocycles. The summed E-state index contributed by atoms with van der Waals surface area (Å²) in [6.07, 6.45) is 1.59. The maximum Gasteiger partial charge on any atom is 0.211 e. The number of rotatable bonds is 3. The van der Waals surface area contributed by atoms with Gasteiger partial charge < -0.3 is 16.2 Å². The van der Waals surface area contributed by atoms with Gasteiger partial charge in [0.15, 0.2) is 0 Å². The number of hydrogen-bond donors (Lipinski definition) is 2. The number of guanidine groups is 1. The lowest BCUT2D eigenvalue weighted by atomic mass is 10.2. The van der Waals surface area contributed by atoms with E-state index in [1.54, 1.807) is 13.3 Å². The highest BCUT2D eigenvalue weighted by Gasteiger charge is 2.06. The van der Waals surface area contributed by atoms with E-state index in [0.29, 0.717) is 0 Å². The summed E-state index contributed by atoms with van der Waals surface area (Å²) >= 11 is 4.40. The van der Waals surface area contributed by atoms with Crippen LogP contribution in [0.15, 0.2) is 22.3 Å². The Bertz CT molecular complexity index is 418. The molecule has 7 heteroatoms. The fraction of sp³-hybridized carbons (Fsp3) is 0.111. The molecule has 86 valence electrons. The van der Waals surface area contributed by atoms with Crippen molar-refractivity contribution in [3.63, 3.8) is 0 Å². The zero-order valence-electron chi connectivity index (χ0n) is 8.45. The molecule has 0 amide bonds. The van der Waals surface area contributed by atoms with Gasteiger partial charge in [-0.25, -0.2) is 0 Å². The Morgan fingerprint density at radius 1 is 1.31 bits per heavy atom. The minimum atomic E-state index is -0.0610. The third-order valence-electron chi connectivity index (χ3n) is 1.60. The topological polar surface area (TPSA) is 86.0 Å². The lowest BCUT2D eigenvalue weighted by Crippen LogP contribution is -2.21. The van der Waals surface area contributed by atoms with Gasteiger partial charge in [-0.3, -0.25) is 0 Å². The van der Waals surface area contributed by atoms with Crippen LogP contribution in [0.2, 0.25) is 0 Å². The highest BCUT2D eigenvalue weighted by Crippen LogP contribution is 2.27. The molecule has 16 heavy (non-hydrogen) atoms. The average molecular weight is 444 g/mol. The van der Waals surface area contributed by atoms with Gasteiger partial charge in [-0.05, 0) is 62.9 Å². The zero-order valence-corrected chi connectivity index (χ0v) is 12.8. The van der Waals surface area contributed by atoms with Gasteiger partial charge >= 0.3 is 0 Å². The Morgan fingerprint density at radius 2 is 1.88 bits per heavy atom. The molecule has 0 unspecified atom stereocenters. The Morgan fingerprint density at radius 3 is 2.31 bits per heavy atom. The van der Waals surface area contributed by atoms with Crippen LogP contribution in [0.25, 0.3) is 0 Å². The fourth-order valence-corrected chi connectivity index (χ4v) is 3.27. The van der Waals surface area contributed by atoms with Gasteiger partial charge in [0.1, 0.15) is 5.75 Å². The summed E-state index contributed by atoms with van der Waals surface area (Å²) < 4.78 is 7.27. The molecule has 1 aromatic carbocycles. The minimum Gasteiger partial charge on any atom is -0.495 e. The molecule has 0 aliphatic heterocycles. The predicted molar refractivity (Wildman–Crippen MR) is 81.8 cm³/mol. The number of nitrogens with zero attached hydrogens (tertiary/aromatic N) is 2. The van der Waals surface area contributed by atoms with Crippen LogP contribution in [0.4, 0.5) is 0 Å². The minimum absolute atomic E-state index is 0.0610. The monoisotopic (exact) mass is 444 g/mol. The molecule has 1 rings (SSSR count). The van der Waals surface area contributed by atoms with E-state index in [4.69, 9.17) is 16.2 Å². The summed E-state index contributed by atoms with van der Waals surface area (Å²) in [5.41, 5.74) is 11.2. The predicted octanol–water partition coefficient (Wildman–Crippen LogP) is 1.51. The molecule has 0 radical (unpaired) electrons. The second kappa shape index (κ2) is 6.23. The summed E-state index contributed by atoms with van der Waals surface area (Å²) in [4.78, 5) is 0. The average Bonchev–Trinajstić information content (AvgIpc) is 2.16. The maximum atomic E-state index is 5.25. The highest BCUT2D eigenvalue weighted by molar-refractivity contribution is 14.1. The summed E-state index contributed by atoms with van der Waals surface area (Å²) in [6.45, 7) is 0. The molecular weight excluding hydrogens is 434 g/mol. The first kappa shape index (κ1) is 13.5. The van der Waals surface area contributed by atoms with Gasteiger partial charge in [0.25, 0.3) is 0 Å². The van der Waals surface area contributed by atoms with Crippen molar-refractivity contribution in [3.05, 3.63) is 24.8 Å². The number of nitrogens with two attached hydrogens (primary N) is 2. The van der Waals surface area contributed by atoms with Crippen molar-refractivity contribution >= 4 is 57.4 Å². The van der Waals surface area contributed by atoms with Gasteiger partial charge in [0, 0.05) is 0 Å². The van der Waals surface area contributed by atoms with E-state index >= 15 is 0 Å². The van der Waals surface area contributed by atoms with E-state index in [9.17, 15) is 0 Å². The quantitative estimate of drug-likeness (QED) is 0.321. The molecule has 0 aliphatic rings. The lowest BCUT2D eigenvalue weighted by Gasteiger charge is -2.06. The number of halogens is 2. The Kier molecular flexibility index (Phi) is 5.25. The first-order valence-corrected chi connectivity index (χ1v) is 6.35. The van der Waals surface area contributed by atoms with Crippen molar-refractivity contribution in [1.82, 2.24) is 0 Å². The molecule has 5 nitrogen and oxygen atoms in total. The molecule has 0 fully saturated rings. The number of benzene rings is 1. The Balaban J connectivity index is 3.00. The van der Waals surface area contributed by atoms with E-state index in [1.807, 2.05) is 12.1 Å². The van der Waals surface area contributed by atoms with Gasteiger partial charge in [-0.1, -0.05) is 0 Å². The summed E-state index contributed by atoms with van der Waals surface area (Å²) in [5.74, 6) is 0.800. The summed E-state index contributed by atoms with van der Waals surface area (Å²) in [6, 6.07) is 3.88. The maximum absolute atomic E-state index is 5.25. The van der Waals surface area contributed by atoms with Crippen molar-refractivity contribution in [3.8, 4) is 5.75 Å². The molecule has 0 aliphatic carbocycles. The van der Waals surface area contributed by atoms with E-state index in [1.165, 1.54) is 0 Å². The standard InChI is InChI=1S/C9H10I2N4O/c1-16-8-6(10)2-5(3-7(8)11)4-14-15-9(12)13/h2-4H,1H3,(H4,12,13,15)/b14-4-. The second-order valence-electron chi connectivity index (χ2n) is 2.79. The lowest BCUT2D eigenvalue weighted by molar-refractivity contribution is 0.409. The summed E-state index contributed by atoms with van der Waals surface area (Å²) in [7, 11) is 1.65. The van der Waals surface area contributed by atoms with Crippen molar-refractivity contribution in [1.29, 1.82) is 0 Å². The molecular formula is C9H10I2N4O. The molecule has 0 saturated heterocycles. The summed E-state index contributed by atoms with van der Waals surface area (Å²) in [5, 5.41) is 7.27. The molecule has 0 heterocycles. The van der Waals surface area contributed by atoms with E-state index < -0.39 is 0 Å². The van der Waals surface area contributed by atoms with Crippen LogP contribution >= 0.6 is 45.2 Å². The number of hydrogen-bond acceptors (Lipinski definition) is 3. The molecule has 4 N–H and O–H groups in total. The molecule has 0 spiro atoms. The molecule has 1 aromatic rings. The molecule has 0 bridgehead atoms. The van der Waals surface area contributed by atoms with Crippen LogP contribution in [-0.4, -0.2) is 19.3 Å². The van der Waals surface area contributed by atoms with E-state index in [-0.39, 0.29) is 5.96 Å². The smallest absolute Gasteiger partial charge is 0.211 e.